The van der Waals surface area contributed by atoms with Gasteiger partial charge >= 0.3 is 0 Å². The van der Waals surface area contributed by atoms with Crippen LogP contribution in [-0.4, -0.2) is 17.4 Å². The van der Waals surface area contributed by atoms with Crippen molar-refractivity contribution in [2.75, 3.05) is 6.54 Å². The fourth-order valence-electron chi connectivity index (χ4n) is 2.89. The summed E-state index contributed by atoms with van der Waals surface area (Å²) in [5.74, 6) is 0.290. The van der Waals surface area contributed by atoms with Gasteiger partial charge in [0, 0.05) is 23.0 Å². The Labute approximate surface area is 173 Å². The maximum absolute atomic E-state index is 11.9. The molecule has 0 unspecified atom stereocenters. The van der Waals surface area contributed by atoms with Gasteiger partial charge in [0.05, 0.1) is 6.04 Å². The molecular formula is C23H29Cl2NO. The molecule has 1 heterocycles. The molecule has 0 bridgehead atoms. The van der Waals surface area contributed by atoms with Gasteiger partial charge in [-0.05, 0) is 56.0 Å². The van der Waals surface area contributed by atoms with Crippen LogP contribution >= 0.6 is 23.2 Å². The zero-order chi connectivity index (χ0) is 20.1. The summed E-state index contributed by atoms with van der Waals surface area (Å²) in [4.78, 5) is 14.0. The Morgan fingerprint density at radius 1 is 1.07 bits per heavy atom. The monoisotopic (exact) mass is 405 g/mol. The molecule has 4 heteroatoms. The highest BCUT2D eigenvalue weighted by atomic mass is 35.5. The SMILES string of the molecule is C=CC.CCCN1C(=O)CCC[C@H]1c1ccc(Cl)cc1.Clc1ccccc1. The van der Waals surface area contributed by atoms with Crippen molar-refractivity contribution < 1.29 is 4.79 Å². The molecule has 0 N–H and O–H groups in total. The lowest BCUT2D eigenvalue weighted by Gasteiger charge is -2.36. The Morgan fingerprint density at radius 2 is 1.63 bits per heavy atom. The Balaban J connectivity index is 0.000000301. The second kappa shape index (κ2) is 13.4. The highest BCUT2D eigenvalue weighted by Crippen LogP contribution is 2.32. The molecule has 27 heavy (non-hydrogen) atoms. The summed E-state index contributed by atoms with van der Waals surface area (Å²) in [5, 5.41) is 1.54. The van der Waals surface area contributed by atoms with Gasteiger partial charge in [0.15, 0.2) is 0 Å². The number of hydrogen-bond acceptors (Lipinski definition) is 1. The minimum atomic E-state index is 0.244. The molecule has 3 rings (SSSR count). The van der Waals surface area contributed by atoms with Crippen molar-refractivity contribution in [3.05, 3.63) is 82.9 Å². The van der Waals surface area contributed by atoms with Crippen LogP contribution < -0.4 is 0 Å². The van der Waals surface area contributed by atoms with E-state index in [1.54, 1.807) is 6.08 Å². The molecule has 1 saturated heterocycles. The molecule has 146 valence electrons. The number of allylic oxidation sites excluding steroid dienone is 1. The number of carbonyl (C=O) groups excluding carboxylic acids is 1. The molecule has 0 spiro atoms. The lowest BCUT2D eigenvalue weighted by atomic mass is 9.94. The van der Waals surface area contributed by atoms with Gasteiger partial charge in [-0.1, -0.05) is 66.5 Å². The molecule has 2 nitrogen and oxygen atoms in total. The highest BCUT2D eigenvalue weighted by Gasteiger charge is 2.28. The summed E-state index contributed by atoms with van der Waals surface area (Å²) in [5.41, 5.74) is 1.20. The summed E-state index contributed by atoms with van der Waals surface area (Å²) < 4.78 is 0. The Bertz CT molecular complexity index is 671. The van der Waals surface area contributed by atoms with E-state index in [0.717, 1.165) is 35.9 Å². The van der Waals surface area contributed by atoms with E-state index in [0.29, 0.717) is 6.42 Å². The average molecular weight is 406 g/mol. The summed E-state index contributed by atoms with van der Waals surface area (Å²) >= 11 is 11.4. The van der Waals surface area contributed by atoms with E-state index >= 15 is 0 Å². The molecular weight excluding hydrogens is 377 g/mol. The largest absolute Gasteiger partial charge is 0.336 e. The normalized spacial score (nSPS) is 15.8. The maximum Gasteiger partial charge on any atom is 0.223 e. The Kier molecular flexibility index (Phi) is 11.6. The standard InChI is InChI=1S/C14H18ClNO.C6H5Cl.C3H6/c1-2-10-16-13(4-3-5-14(16)17)11-6-8-12(15)9-7-11;7-6-4-2-1-3-5-6;1-3-2/h6-9,13H,2-5,10H2,1H3;1-5H;3H,1H2,2H3/t13-;;/m0../s1. The van der Waals surface area contributed by atoms with Crippen LogP contribution in [0.15, 0.2) is 67.3 Å². The molecule has 1 amide bonds. The lowest BCUT2D eigenvalue weighted by molar-refractivity contribution is -0.136. The number of hydrogen-bond donors (Lipinski definition) is 0. The predicted molar refractivity (Wildman–Crippen MR) is 117 cm³/mol. The summed E-state index contributed by atoms with van der Waals surface area (Å²) in [6.07, 6.45) is 5.51. The van der Waals surface area contributed by atoms with E-state index in [1.165, 1.54) is 5.56 Å². The van der Waals surface area contributed by atoms with Gasteiger partial charge in [-0.3, -0.25) is 4.79 Å². The third-order valence-electron chi connectivity index (χ3n) is 4.02. The minimum Gasteiger partial charge on any atom is -0.336 e. The fraction of sp³-hybridized carbons (Fsp3) is 0.348. The number of piperidine rings is 1. The number of amides is 1. The van der Waals surface area contributed by atoms with Crippen molar-refractivity contribution in [1.82, 2.24) is 4.90 Å². The molecule has 1 fully saturated rings. The lowest BCUT2D eigenvalue weighted by Crippen LogP contribution is -2.38. The number of benzene rings is 2. The predicted octanol–water partition coefficient (Wildman–Crippen LogP) is 7.34. The van der Waals surface area contributed by atoms with E-state index in [-0.39, 0.29) is 11.9 Å². The van der Waals surface area contributed by atoms with Gasteiger partial charge in [-0.25, -0.2) is 0 Å². The third-order valence-corrected chi connectivity index (χ3v) is 4.52. The van der Waals surface area contributed by atoms with Gasteiger partial charge in [0.2, 0.25) is 5.91 Å². The van der Waals surface area contributed by atoms with Crippen molar-refractivity contribution in [2.45, 2.75) is 45.6 Å². The Morgan fingerprint density at radius 3 is 2.11 bits per heavy atom. The van der Waals surface area contributed by atoms with Gasteiger partial charge in [-0.15, -0.1) is 6.58 Å². The van der Waals surface area contributed by atoms with Crippen molar-refractivity contribution in [1.29, 1.82) is 0 Å². The number of nitrogens with zero attached hydrogens (tertiary/aromatic N) is 1. The number of likely N-dealkylation sites (tertiary alicyclic amines) is 1. The highest BCUT2D eigenvalue weighted by molar-refractivity contribution is 6.30. The van der Waals surface area contributed by atoms with Gasteiger partial charge in [0.25, 0.3) is 0 Å². The first-order valence-electron chi connectivity index (χ1n) is 9.36. The van der Waals surface area contributed by atoms with Gasteiger partial charge in [-0.2, -0.15) is 0 Å². The smallest absolute Gasteiger partial charge is 0.223 e. The average Bonchev–Trinajstić information content (AvgIpc) is 2.66. The fourth-order valence-corrected chi connectivity index (χ4v) is 3.16. The van der Waals surface area contributed by atoms with Crippen LogP contribution in [0.3, 0.4) is 0 Å². The van der Waals surface area contributed by atoms with Crippen LogP contribution in [0.4, 0.5) is 0 Å². The van der Waals surface area contributed by atoms with E-state index in [2.05, 4.69) is 13.5 Å². The number of carbonyl (C=O) groups is 1. The van der Waals surface area contributed by atoms with Crippen LogP contribution in [-0.2, 0) is 4.79 Å². The van der Waals surface area contributed by atoms with Crippen molar-refractivity contribution in [3.63, 3.8) is 0 Å². The van der Waals surface area contributed by atoms with Crippen LogP contribution in [0.1, 0.15) is 51.1 Å². The van der Waals surface area contributed by atoms with Crippen LogP contribution in [0.25, 0.3) is 0 Å². The number of rotatable bonds is 3. The first-order chi connectivity index (χ1) is 13.0. The van der Waals surface area contributed by atoms with E-state index in [9.17, 15) is 4.79 Å². The quantitative estimate of drug-likeness (QED) is 0.489. The first-order valence-corrected chi connectivity index (χ1v) is 10.1. The minimum absolute atomic E-state index is 0.244. The first kappa shape index (κ1) is 23.3. The molecule has 1 aliphatic heterocycles. The summed E-state index contributed by atoms with van der Waals surface area (Å²) in [7, 11) is 0. The molecule has 2 aromatic rings. The molecule has 0 saturated carbocycles. The summed E-state index contributed by atoms with van der Waals surface area (Å²) in [6, 6.07) is 17.6. The molecule has 1 atom stereocenters. The topological polar surface area (TPSA) is 20.3 Å². The van der Waals surface area contributed by atoms with Crippen LogP contribution in [0.2, 0.25) is 10.0 Å². The molecule has 2 aromatic carbocycles. The Hall–Kier alpha value is -1.77. The summed E-state index contributed by atoms with van der Waals surface area (Å²) in [6.45, 7) is 8.22. The van der Waals surface area contributed by atoms with Crippen molar-refractivity contribution >= 4 is 29.1 Å². The second-order valence-electron chi connectivity index (χ2n) is 6.25. The van der Waals surface area contributed by atoms with Gasteiger partial charge < -0.3 is 4.90 Å². The van der Waals surface area contributed by atoms with Gasteiger partial charge in [0.1, 0.15) is 0 Å². The van der Waals surface area contributed by atoms with Crippen molar-refractivity contribution in [2.24, 2.45) is 0 Å². The van der Waals surface area contributed by atoms with Crippen LogP contribution in [0, 0.1) is 0 Å². The van der Waals surface area contributed by atoms with Crippen molar-refractivity contribution in [3.8, 4) is 0 Å². The van der Waals surface area contributed by atoms with E-state index in [4.69, 9.17) is 23.2 Å². The van der Waals surface area contributed by atoms with Crippen LogP contribution in [0.5, 0.6) is 0 Å². The molecule has 0 aromatic heterocycles. The molecule has 0 aliphatic carbocycles. The van der Waals surface area contributed by atoms with E-state index in [1.807, 2.05) is 66.4 Å². The second-order valence-corrected chi connectivity index (χ2v) is 7.12. The number of halogens is 2. The maximum atomic E-state index is 11.9. The molecule has 0 radical (unpaired) electrons. The molecule has 1 aliphatic rings. The zero-order valence-electron chi connectivity index (χ0n) is 16.2. The third kappa shape index (κ3) is 8.64. The zero-order valence-corrected chi connectivity index (χ0v) is 17.7. The van der Waals surface area contributed by atoms with E-state index < -0.39 is 0 Å².